The Morgan fingerprint density at radius 3 is 2.52 bits per heavy atom. The van der Waals surface area contributed by atoms with Crippen LogP contribution in [0.2, 0.25) is 0 Å². The van der Waals surface area contributed by atoms with Crippen LogP contribution in [-0.2, 0) is 20.3 Å². The largest absolute Gasteiger partial charge is 0.372 e. The van der Waals surface area contributed by atoms with E-state index in [1.54, 1.807) is 0 Å². The molecular formula is C21H28O3S. The zero-order valence-corrected chi connectivity index (χ0v) is 16.4. The number of hydrogen-bond donors (Lipinski definition) is 0. The number of Topliss-reactive ketones (excluding diaryl/α,β-unsaturated/α-hetero) is 1. The molecule has 1 aromatic carbocycles. The summed E-state index contributed by atoms with van der Waals surface area (Å²) in [6, 6.07) is 9.43. The Labute approximate surface area is 153 Å². The smallest absolute Gasteiger partial charge is 0.159 e. The van der Waals surface area contributed by atoms with Gasteiger partial charge >= 0.3 is 0 Å². The first-order chi connectivity index (χ1) is 11.8. The Kier molecular flexibility index (Phi) is 5.31. The van der Waals surface area contributed by atoms with Gasteiger partial charge in [-0.3, -0.25) is 9.00 Å². The fourth-order valence-corrected chi connectivity index (χ4v) is 5.31. The predicted molar refractivity (Wildman–Crippen MR) is 101 cm³/mol. The Morgan fingerprint density at radius 1 is 1.20 bits per heavy atom. The summed E-state index contributed by atoms with van der Waals surface area (Å²) in [5, 5.41) is 0. The second kappa shape index (κ2) is 7.16. The van der Waals surface area contributed by atoms with Crippen LogP contribution in [0.15, 0.2) is 46.4 Å². The summed E-state index contributed by atoms with van der Waals surface area (Å²) < 4.78 is 19.1. The van der Waals surface area contributed by atoms with E-state index in [-0.39, 0.29) is 17.5 Å². The molecule has 2 aliphatic carbocycles. The molecule has 0 saturated heterocycles. The minimum atomic E-state index is -1.17. The number of benzene rings is 1. The van der Waals surface area contributed by atoms with E-state index in [1.165, 1.54) is 5.57 Å². The molecule has 0 amide bonds. The van der Waals surface area contributed by atoms with Gasteiger partial charge in [0, 0.05) is 22.8 Å². The molecule has 0 bridgehead atoms. The molecule has 1 fully saturated rings. The van der Waals surface area contributed by atoms with Crippen LogP contribution in [0, 0.1) is 11.8 Å². The van der Waals surface area contributed by atoms with Crippen molar-refractivity contribution >= 4 is 16.6 Å². The zero-order valence-electron chi connectivity index (χ0n) is 15.6. The number of hydrogen-bond acceptors (Lipinski definition) is 3. The van der Waals surface area contributed by atoms with Gasteiger partial charge in [0.05, 0.1) is 28.3 Å². The van der Waals surface area contributed by atoms with E-state index in [2.05, 4.69) is 27.7 Å². The predicted octanol–water partition coefficient (Wildman–Crippen LogP) is 4.29. The molecule has 0 heterocycles. The lowest BCUT2D eigenvalue weighted by Crippen LogP contribution is -2.35. The molecule has 0 N–H and O–H groups in total. The summed E-state index contributed by atoms with van der Waals surface area (Å²) >= 11 is 0. The van der Waals surface area contributed by atoms with Crippen LogP contribution in [0.5, 0.6) is 0 Å². The zero-order chi connectivity index (χ0) is 18.2. The Balaban J connectivity index is 1.87. The van der Waals surface area contributed by atoms with Gasteiger partial charge in [0.2, 0.25) is 0 Å². The summed E-state index contributed by atoms with van der Waals surface area (Å²) in [6.07, 6.45) is 2.45. The monoisotopic (exact) mass is 360 g/mol. The minimum absolute atomic E-state index is 0.156. The first-order valence-corrected chi connectivity index (χ1v) is 10.4. The highest BCUT2D eigenvalue weighted by atomic mass is 32.2. The lowest BCUT2D eigenvalue weighted by molar-refractivity contribution is -0.117. The molecule has 1 saturated carbocycles. The van der Waals surface area contributed by atoms with Crippen molar-refractivity contribution in [1.29, 1.82) is 0 Å². The quantitative estimate of drug-likeness (QED) is 0.804. The van der Waals surface area contributed by atoms with E-state index in [0.717, 1.165) is 23.3 Å². The van der Waals surface area contributed by atoms with Crippen molar-refractivity contribution in [1.82, 2.24) is 0 Å². The molecular weight excluding hydrogens is 332 g/mol. The van der Waals surface area contributed by atoms with Crippen molar-refractivity contribution in [3.8, 4) is 0 Å². The molecule has 0 aromatic heterocycles. The Morgan fingerprint density at radius 2 is 1.88 bits per heavy atom. The first kappa shape index (κ1) is 18.5. The Hall–Kier alpha value is -1.26. The normalized spacial score (nSPS) is 28.2. The van der Waals surface area contributed by atoms with Crippen LogP contribution < -0.4 is 0 Å². The van der Waals surface area contributed by atoms with Gasteiger partial charge < -0.3 is 4.74 Å². The van der Waals surface area contributed by atoms with Crippen LogP contribution in [-0.4, -0.2) is 27.5 Å². The lowest BCUT2D eigenvalue weighted by atomic mass is 9.83. The molecule has 0 spiro atoms. The van der Waals surface area contributed by atoms with Gasteiger partial charge in [0.15, 0.2) is 5.78 Å². The van der Waals surface area contributed by atoms with Crippen LogP contribution in [0.4, 0.5) is 0 Å². The summed E-state index contributed by atoms with van der Waals surface area (Å²) in [5.41, 5.74) is 1.83. The van der Waals surface area contributed by atoms with Crippen molar-refractivity contribution in [3.05, 3.63) is 41.5 Å². The summed E-state index contributed by atoms with van der Waals surface area (Å²) in [4.78, 5) is 13.4. The molecule has 4 atom stereocenters. The maximum atomic E-state index is 12.7. The van der Waals surface area contributed by atoms with Crippen molar-refractivity contribution in [3.63, 3.8) is 0 Å². The van der Waals surface area contributed by atoms with Crippen molar-refractivity contribution in [2.45, 2.75) is 63.6 Å². The molecule has 3 unspecified atom stereocenters. The topological polar surface area (TPSA) is 43.4 Å². The average Bonchev–Trinajstić information content (AvgIpc) is 2.85. The second-order valence-electron chi connectivity index (χ2n) is 8.25. The molecule has 25 heavy (non-hydrogen) atoms. The van der Waals surface area contributed by atoms with Crippen LogP contribution >= 0.6 is 0 Å². The van der Waals surface area contributed by atoms with Gasteiger partial charge in [-0.15, -0.1) is 0 Å². The molecule has 4 heteroatoms. The molecule has 0 aliphatic heterocycles. The fourth-order valence-electron chi connectivity index (χ4n) is 4.08. The minimum Gasteiger partial charge on any atom is -0.372 e. The third-order valence-corrected chi connectivity index (χ3v) is 6.47. The summed E-state index contributed by atoms with van der Waals surface area (Å²) in [5.74, 6) is 1.21. The number of carbonyl (C=O) groups is 1. The number of ketones is 1. The van der Waals surface area contributed by atoms with Crippen molar-refractivity contribution in [2.24, 2.45) is 11.8 Å². The molecule has 1 aromatic rings. The maximum absolute atomic E-state index is 12.7. The molecule has 2 aliphatic rings. The van der Waals surface area contributed by atoms with Crippen LogP contribution in [0.1, 0.15) is 47.0 Å². The summed E-state index contributed by atoms with van der Waals surface area (Å²) in [7, 11) is -1.17. The van der Waals surface area contributed by atoms with E-state index < -0.39 is 10.8 Å². The van der Waals surface area contributed by atoms with Crippen molar-refractivity contribution < 1.29 is 13.7 Å². The fraction of sp³-hybridized carbons (Fsp3) is 0.571. The number of rotatable bonds is 4. The number of carbonyl (C=O) groups excluding carboxylic acids is 1. The van der Waals surface area contributed by atoms with Gasteiger partial charge in [0.1, 0.15) is 0 Å². The van der Waals surface area contributed by atoms with E-state index in [0.29, 0.717) is 24.0 Å². The third kappa shape index (κ3) is 4.12. The maximum Gasteiger partial charge on any atom is 0.159 e. The van der Waals surface area contributed by atoms with Gasteiger partial charge in [-0.2, -0.15) is 0 Å². The van der Waals surface area contributed by atoms with E-state index in [9.17, 15) is 9.00 Å². The van der Waals surface area contributed by atoms with E-state index in [4.69, 9.17) is 4.74 Å². The first-order valence-electron chi connectivity index (χ1n) is 9.12. The van der Waals surface area contributed by atoms with Gasteiger partial charge in [-0.05, 0) is 51.7 Å². The number of fused-ring (bicyclic) bond motifs is 1. The summed E-state index contributed by atoms with van der Waals surface area (Å²) in [6.45, 7) is 8.46. The average molecular weight is 361 g/mol. The van der Waals surface area contributed by atoms with Crippen molar-refractivity contribution in [2.75, 3.05) is 5.75 Å². The molecule has 3 rings (SSSR count). The second-order valence-corrected chi connectivity index (χ2v) is 9.70. The van der Waals surface area contributed by atoms with E-state index >= 15 is 0 Å². The van der Waals surface area contributed by atoms with Gasteiger partial charge in [-0.25, -0.2) is 0 Å². The molecule has 136 valence electrons. The lowest BCUT2D eigenvalue weighted by Gasteiger charge is -2.33. The third-order valence-electron chi connectivity index (χ3n) is 5.12. The number of ether oxygens (including phenoxy) is 1. The standard InChI is InChI=1S/C21H28O3S/c1-14-12-17-16(20(14)24-21(2,3)4)10-11-19(22)18(17)13-25(23)15-8-6-5-7-9-15/h5-9,14,16,20H,10-13H2,1-4H3/t14?,16?,20-,25?/m1/s1. The van der Waals surface area contributed by atoms with Crippen LogP contribution in [0.3, 0.4) is 0 Å². The molecule has 3 nitrogen and oxygen atoms in total. The SMILES string of the molecule is CC1CC2=C(CS(=O)c3ccccc3)C(=O)CCC2[C@@H]1OC(C)(C)C. The van der Waals surface area contributed by atoms with Gasteiger partial charge in [0.25, 0.3) is 0 Å². The molecule has 0 radical (unpaired) electrons. The Bertz CT molecular complexity index is 700. The van der Waals surface area contributed by atoms with E-state index in [1.807, 2.05) is 30.3 Å². The highest BCUT2D eigenvalue weighted by molar-refractivity contribution is 7.85. The highest BCUT2D eigenvalue weighted by Gasteiger charge is 2.44. The van der Waals surface area contributed by atoms with Crippen LogP contribution in [0.25, 0.3) is 0 Å². The van der Waals surface area contributed by atoms with Gasteiger partial charge in [-0.1, -0.05) is 30.7 Å². The highest BCUT2D eigenvalue weighted by Crippen LogP contribution is 2.46.